The number of hydrogen-bond acceptors (Lipinski definition) is 2. The van der Waals surface area contributed by atoms with Gasteiger partial charge in [-0.25, -0.2) is 8.42 Å². The van der Waals surface area contributed by atoms with E-state index in [9.17, 15) is 8.42 Å². The van der Waals surface area contributed by atoms with Crippen molar-refractivity contribution in [1.82, 2.24) is 0 Å². The minimum atomic E-state index is -3.64. The summed E-state index contributed by atoms with van der Waals surface area (Å²) in [5.74, 6) is 0. The second-order valence-corrected chi connectivity index (χ2v) is 8.09. The third kappa shape index (κ3) is 3.82. The van der Waals surface area contributed by atoms with E-state index in [0.717, 1.165) is 22.3 Å². The molecule has 0 amide bonds. The summed E-state index contributed by atoms with van der Waals surface area (Å²) in [5.41, 5.74) is 4.60. The number of para-hydroxylation sites is 1. The van der Waals surface area contributed by atoms with Crippen LogP contribution in [0.1, 0.15) is 0 Å². The van der Waals surface area contributed by atoms with E-state index in [1.807, 2.05) is 60.7 Å². The van der Waals surface area contributed by atoms with Gasteiger partial charge in [-0.1, -0.05) is 91.0 Å². The molecule has 28 heavy (non-hydrogen) atoms. The SMILES string of the molecule is O=S(=O)(Nc1ccccc1-c1ccc(-c2ccccc2)cc1)c1ccccc1. The molecule has 1 N–H and O–H groups in total. The van der Waals surface area contributed by atoms with Crippen LogP contribution in [0.4, 0.5) is 5.69 Å². The highest BCUT2D eigenvalue weighted by atomic mass is 32.2. The topological polar surface area (TPSA) is 46.2 Å². The molecule has 4 rings (SSSR count). The number of benzene rings is 4. The average molecular weight is 385 g/mol. The van der Waals surface area contributed by atoms with Gasteiger partial charge < -0.3 is 0 Å². The van der Waals surface area contributed by atoms with Gasteiger partial charge in [0.25, 0.3) is 10.0 Å². The van der Waals surface area contributed by atoms with Gasteiger partial charge in [0.05, 0.1) is 10.6 Å². The van der Waals surface area contributed by atoms with Gasteiger partial charge in [-0.15, -0.1) is 0 Å². The van der Waals surface area contributed by atoms with E-state index in [1.165, 1.54) is 0 Å². The van der Waals surface area contributed by atoms with E-state index in [4.69, 9.17) is 0 Å². The van der Waals surface area contributed by atoms with Crippen LogP contribution < -0.4 is 4.72 Å². The first-order chi connectivity index (χ1) is 13.6. The zero-order valence-electron chi connectivity index (χ0n) is 15.1. The summed E-state index contributed by atoms with van der Waals surface area (Å²) < 4.78 is 28.1. The molecule has 0 heterocycles. The van der Waals surface area contributed by atoms with Crippen LogP contribution in [0.3, 0.4) is 0 Å². The second-order valence-electron chi connectivity index (χ2n) is 6.41. The predicted molar refractivity (Wildman–Crippen MR) is 115 cm³/mol. The molecular formula is C24H19NO2S. The molecular weight excluding hydrogens is 366 g/mol. The van der Waals surface area contributed by atoms with Crippen molar-refractivity contribution in [2.45, 2.75) is 4.90 Å². The maximum Gasteiger partial charge on any atom is 0.261 e. The van der Waals surface area contributed by atoms with Crippen molar-refractivity contribution >= 4 is 15.7 Å². The third-order valence-electron chi connectivity index (χ3n) is 4.53. The summed E-state index contributed by atoms with van der Waals surface area (Å²) in [5, 5.41) is 0. The first-order valence-corrected chi connectivity index (χ1v) is 10.4. The summed E-state index contributed by atoms with van der Waals surface area (Å²) in [7, 11) is -3.64. The first kappa shape index (κ1) is 18.0. The molecule has 0 radical (unpaired) electrons. The van der Waals surface area contributed by atoms with Crippen molar-refractivity contribution in [3.05, 3.63) is 109 Å². The molecule has 0 saturated carbocycles. The molecule has 4 aromatic rings. The standard InChI is InChI=1S/C24H19NO2S/c26-28(27,22-11-5-2-6-12-22)25-24-14-8-7-13-23(24)21-17-15-20(16-18-21)19-9-3-1-4-10-19/h1-18,25H. The molecule has 4 aromatic carbocycles. The Bertz CT molecular complexity index is 1170. The summed E-state index contributed by atoms with van der Waals surface area (Å²) in [6.07, 6.45) is 0. The Morgan fingerprint density at radius 2 is 1.00 bits per heavy atom. The first-order valence-electron chi connectivity index (χ1n) is 8.96. The van der Waals surface area contributed by atoms with E-state index >= 15 is 0 Å². The largest absolute Gasteiger partial charge is 0.279 e. The third-order valence-corrected chi connectivity index (χ3v) is 5.91. The van der Waals surface area contributed by atoms with Gasteiger partial charge in [0.1, 0.15) is 0 Å². The number of nitrogens with one attached hydrogen (secondary N) is 1. The Labute approximate surface area is 165 Å². The summed E-state index contributed by atoms with van der Waals surface area (Å²) in [6.45, 7) is 0. The quantitative estimate of drug-likeness (QED) is 0.470. The van der Waals surface area contributed by atoms with Crippen molar-refractivity contribution < 1.29 is 8.42 Å². The second kappa shape index (κ2) is 7.71. The van der Waals surface area contributed by atoms with Crippen LogP contribution in [0.15, 0.2) is 114 Å². The molecule has 138 valence electrons. The Balaban J connectivity index is 1.67. The van der Waals surface area contributed by atoms with Crippen molar-refractivity contribution in [3.63, 3.8) is 0 Å². The number of rotatable bonds is 5. The summed E-state index contributed by atoms with van der Waals surface area (Å²) in [6, 6.07) is 34.1. The zero-order valence-corrected chi connectivity index (χ0v) is 15.9. The molecule has 3 nitrogen and oxygen atoms in total. The van der Waals surface area contributed by atoms with E-state index in [-0.39, 0.29) is 4.90 Å². The lowest BCUT2D eigenvalue weighted by atomic mass is 9.99. The van der Waals surface area contributed by atoms with Gasteiger partial charge in [0, 0.05) is 5.56 Å². The molecule has 0 spiro atoms. The maximum absolute atomic E-state index is 12.7. The summed E-state index contributed by atoms with van der Waals surface area (Å²) in [4.78, 5) is 0.240. The van der Waals surface area contributed by atoms with Crippen molar-refractivity contribution in [2.75, 3.05) is 4.72 Å². The van der Waals surface area contributed by atoms with Crippen LogP contribution in [-0.2, 0) is 10.0 Å². The molecule has 0 aliphatic heterocycles. The normalized spacial score (nSPS) is 11.1. The van der Waals surface area contributed by atoms with Gasteiger partial charge in [0.2, 0.25) is 0 Å². The molecule has 0 bridgehead atoms. The number of anilines is 1. The minimum absolute atomic E-state index is 0.240. The van der Waals surface area contributed by atoms with E-state index in [1.54, 1.807) is 36.4 Å². The molecule has 0 aromatic heterocycles. The van der Waals surface area contributed by atoms with Gasteiger partial charge in [-0.3, -0.25) is 4.72 Å². The highest BCUT2D eigenvalue weighted by molar-refractivity contribution is 7.92. The van der Waals surface area contributed by atoms with Crippen LogP contribution >= 0.6 is 0 Å². The van der Waals surface area contributed by atoms with E-state index in [2.05, 4.69) is 16.9 Å². The smallest absolute Gasteiger partial charge is 0.261 e. The van der Waals surface area contributed by atoms with Crippen LogP contribution in [0.2, 0.25) is 0 Å². The van der Waals surface area contributed by atoms with E-state index in [0.29, 0.717) is 5.69 Å². The molecule has 0 atom stereocenters. The zero-order chi connectivity index (χ0) is 19.4. The molecule has 4 heteroatoms. The molecule has 0 unspecified atom stereocenters. The lowest BCUT2D eigenvalue weighted by Gasteiger charge is -2.13. The molecule has 0 aliphatic rings. The fourth-order valence-electron chi connectivity index (χ4n) is 3.10. The van der Waals surface area contributed by atoms with Gasteiger partial charge in [-0.2, -0.15) is 0 Å². The molecule has 0 aliphatic carbocycles. The highest BCUT2D eigenvalue weighted by Gasteiger charge is 2.16. The molecule has 0 saturated heterocycles. The van der Waals surface area contributed by atoms with Crippen molar-refractivity contribution in [2.24, 2.45) is 0 Å². The number of hydrogen-bond donors (Lipinski definition) is 1. The van der Waals surface area contributed by atoms with Crippen LogP contribution in [-0.4, -0.2) is 8.42 Å². The Hall–Kier alpha value is -3.37. The Morgan fingerprint density at radius 3 is 1.68 bits per heavy atom. The van der Waals surface area contributed by atoms with E-state index < -0.39 is 10.0 Å². The van der Waals surface area contributed by atoms with Gasteiger partial charge in [-0.05, 0) is 34.9 Å². The minimum Gasteiger partial charge on any atom is -0.279 e. The van der Waals surface area contributed by atoms with Crippen LogP contribution in [0.5, 0.6) is 0 Å². The molecule has 0 fully saturated rings. The van der Waals surface area contributed by atoms with Gasteiger partial charge in [0.15, 0.2) is 0 Å². The highest BCUT2D eigenvalue weighted by Crippen LogP contribution is 2.31. The van der Waals surface area contributed by atoms with Crippen LogP contribution in [0, 0.1) is 0 Å². The van der Waals surface area contributed by atoms with Crippen molar-refractivity contribution in [3.8, 4) is 22.3 Å². The predicted octanol–water partition coefficient (Wildman–Crippen LogP) is 5.82. The van der Waals surface area contributed by atoms with Crippen molar-refractivity contribution in [1.29, 1.82) is 0 Å². The Kier molecular flexibility index (Phi) is 4.96. The van der Waals surface area contributed by atoms with Gasteiger partial charge >= 0.3 is 0 Å². The van der Waals surface area contributed by atoms with Crippen LogP contribution in [0.25, 0.3) is 22.3 Å². The Morgan fingerprint density at radius 1 is 0.500 bits per heavy atom. The maximum atomic E-state index is 12.7. The summed E-state index contributed by atoms with van der Waals surface area (Å²) >= 11 is 0. The lowest BCUT2D eigenvalue weighted by molar-refractivity contribution is 0.601. The number of sulfonamides is 1. The fraction of sp³-hybridized carbons (Fsp3) is 0. The average Bonchev–Trinajstić information content (AvgIpc) is 2.75. The lowest BCUT2D eigenvalue weighted by Crippen LogP contribution is -2.13. The monoisotopic (exact) mass is 385 g/mol. The fourth-order valence-corrected chi connectivity index (χ4v) is 4.20.